The van der Waals surface area contributed by atoms with Crippen LogP contribution in [0.1, 0.15) is 37.4 Å². The number of nitrogen functional groups attached to an aromatic ring is 1. The highest BCUT2D eigenvalue weighted by atomic mass is 14.9. The van der Waals surface area contributed by atoms with Crippen molar-refractivity contribution < 1.29 is 0 Å². The maximum atomic E-state index is 5.74. The number of pyridine rings is 1. The van der Waals surface area contributed by atoms with Crippen LogP contribution in [0.25, 0.3) is 0 Å². The van der Waals surface area contributed by atoms with E-state index in [1.165, 1.54) is 24.1 Å². The van der Waals surface area contributed by atoms with Crippen molar-refractivity contribution in [3.05, 3.63) is 23.4 Å². The van der Waals surface area contributed by atoms with Gasteiger partial charge < -0.3 is 5.73 Å². The van der Waals surface area contributed by atoms with Crippen molar-refractivity contribution in [2.45, 2.75) is 32.6 Å². The molecular formula is C12H16N2. The van der Waals surface area contributed by atoms with Crippen LogP contribution < -0.4 is 5.73 Å². The lowest BCUT2D eigenvalue weighted by molar-refractivity contribution is 0.0156. The average Bonchev–Trinajstić information content (AvgIpc) is 2.16. The van der Waals surface area contributed by atoms with Crippen molar-refractivity contribution in [1.29, 1.82) is 0 Å². The highest BCUT2D eigenvalue weighted by molar-refractivity contribution is 5.41. The fourth-order valence-electron chi connectivity index (χ4n) is 3.09. The van der Waals surface area contributed by atoms with Crippen LogP contribution in [-0.4, -0.2) is 4.98 Å². The minimum Gasteiger partial charge on any atom is -0.384 e. The Balaban J connectivity index is 2.13. The molecule has 3 aliphatic carbocycles. The lowest BCUT2D eigenvalue weighted by atomic mass is 9.48. The molecule has 4 rings (SSSR count). The Morgan fingerprint density at radius 1 is 1.43 bits per heavy atom. The van der Waals surface area contributed by atoms with E-state index in [0.717, 1.165) is 5.92 Å². The van der Waals surface area contributed by atoms with Crippen molar-refractivity contribution in [2.75, 3.05) is 5.73 Å². The number of nitrogens with zero attached hydrogens (tertiary/aromatic N) is 1. The summed E-state index contributed by atoms with van der Waals surface area (Å²) in [6.07, 6.45) is 2.52. The van der Waals surface area contributed by atoms with Gasteiger partial charge in [0, 0.05) is 11.6 Å². The normalized spacial score (nSPS) is 31.9. The molecule has 1 aromatic rings. The highest BCUT2D eigenvalue weighted by Gasteiger charge is 2.53. The lowest BCUT2D eigenvalue weighted by Crippen LogP contribution is -2.48. The van der Waals surface area contributed by atoms with Gasteiger partial charge in [-0.3, -0.25) is 0 Å². The largest absolute Gasteiger partial charge is 0.384 e. The molecule has 1 heterocycles. The molecule has 1 saturated carbocycles. The zero-order valence-corrected chi connectivity index (χ0v) is 8.75. The zero-order chi connectivity index (χ0) is 9.92. The molecule has 0 amide bonds. The molecule has 2 nitrogen and oxygen atoms in total. The lowest BCUT2D eigenvalue weighted by Gasteiger charge is -2.56. The van der Waals surface area contributed by atoms with Crippen LogP contribution in [0.3, 0.4) is 0 Å². The number of anilines is 1. The molecule has 2 unspecified atom stereocenters. The molecule has 0 aliphatic heterocycles. The molecule has 3 aliphatic rings. The molecule has 0 saturated heterocycles. The topological polar surface area (TPSA) is 38.9 Å². The Hall–Kier alpha value is -1.05. The van der Waals surface area contributed by atoms with Crippen molar-refractivity contribution in [3.8, 4) is 0 Å². The molecule has 1 fully saturated rings. The van der Waals surface area contributed by atoms with Gasteiger partial charge in [0.1, 0.15) is 5.82 Å². The van der Waals surface area contributed by atoms with Gasteiger partial charge in [0.05, 0.1) is 0 Å². The maximum absolute atomic E-state index is 5.74. The Labute approximate surface area is 84.5 Å². The third-order valence-electron chi connectivity index (χ3n) is 4.30. The van der Waals surface area contributed by atoms with Crippen molar-refractivity contribution in [3.63, 3.8) is 0 Å². The van der Waals surface area contributed by atoms with Gasteiger partial charge in [0.15, 0.2) is 0 Å². The van der Waals surface area contributed by atoms with Crippen molar-refractivity contribution in [1.82, 2.24) is 4.98 Å². The minimum atomic E-state index is 0.452. The van der Waals surface area contributed by atoms with Crippen LogP contribution in [0.5, 0.6) is 0 Å². The SMILES string of the molecule is CC1(C)C2Cc3ccc(N)nc3C1C2. The summed E-state index contributed by atoms with van der Waals surface area (Å²) in [7, 11) is 0. The van der Waals surface area contributed by atoms with Crippen molar-refractivity contribution in [2.24, 2.45) is 11.3 Å². The number of hydrogen-bond donors (Lipinski definition) is 1. The van der Waals surface area contributed by atoms with Gasteiger partial charge in [-0.1, -0.05) is 19.9 Å². The van der Waals surface area contributed by atoms with E-state index in [1.54, 1.807) is 0 Å². The van der Waals surface area contributed by atoms with E-state index >= 15 is 0 Å². The van der Waals surface area contributed by atoms with Crippen LogP contribution >= 0.6 is 0 Å². The first-order chi connectivity index (χ1) is 6.59. The number of rotatable bonds is 0. The Morgan fingerprint density at radius 2 is 2.21 bits per heavy atom. The highest BCUT2D eigenvalue weighted by Crippen LogP contribution is 2.61. The quantitative estimate of drug-likeness (QED) is 0.678. The predicted octanol–water partition coefficient (Wildman–Crippen LogP) is 2.35. The van der Waals surface area contributed by atoms with E-state index in [9.17, 15) is 0 Å². The monoisotopic (exact) mass is 188 g/mol. The standard InChI is InChI=1S/C12H16N2/c1-12(2)8-5-7-3-4-10(13)14-11(7)9(12)6-8/h3-4,8-9H,5-6H2,1-2H3,(H2,13,14). The van der Waals surface area contributed by atoms with Crippen LogP contribution in [0.4, 0.5) is 5.82 Å². The zero-order valence-electron chi connectivity index (χ0n) is 8.75. The van der Waals surface area contributed by atoms with E-state index < -0.39 is 0 Å². The summed E-state index contributed by atoms with van der Waals surface area (Å²) < 4.78 is 0. The third kappa shape index (κ3) is 0.839. The fraction of sp³-hybridized carbons (Fsp3) is 0.583. The smallest absolute Gasteiger partial charge is 0.123 e. The van der Waals surface area contributed by atoms with Gasteiger partial charge >= 0.3 is 0 Å². The van der Waals surface area contributed by atoms with Gasteiger partial charge in [-0.05, 0) is 35.8 Å². The number of nitrogens with two attached hydrogens (primary N) is 1. The third-order valence-corrected chi connectivity index (χ3v) is 4.30. The molecule has 2 bridgehead atoms. The maximum Gasteiger partial charge on any atom is 0.123 e. The molecule has 14 heavy (non-hydrogen) atoms. The van der Waals surface area contributed by atoms with E-state index in [1.807, 2.05) is 6.07 Å². The summed E-state index contributed by atoms with van der Waals surface area (Å²) in [5.74, 6) is 2.19. The van der Waals surface area contributed by atoms with Gasteiger partial charge in [0.2, 0.25) is 0 Å². The van der Waals surface area contributed by atoms with E-state index in [0.29, 0.717) is 17.2 Å². The van der Waals surface area contributed by atoms with E-state index in [4.69, 9.17) is 5.73 Å². The summed E-state index contributed by atoms with van der Waals surface area (Å²) in [4.78, 5) is 4.51. The van der Waals surface area contributed by atoms with Crippen LogP contribution in [0.2, 0.25) is 0 Å². The average molecular weight is 188 g/mol. The predicted molar refractivity (Wildman–Crippen MR) is 57.0 cm³/mol. The summed E-state index contributed by atoms with van der Waals surface area (Å²) in [5.41, 5.74) is 8.90. The van der Waals surface area contributed by atoms with E-state index in [-0.39, 0.29) is 0 Å². The molecule has 0 radical (unpaired) electrons. The number of hydrogen-bond acceptors (Lipinski definition) is 2. The van der Waals surface area contributed by atoms with Crippen LogP contribution in [-0.2, 0) is 6.42 Å². The first kappa shape index (κ1) is 8.27. The fourth-order valence-corrected chi connectivity index (χ4v) is 3.09. The molecule has 2 N–H and O–H groups in total. The second kappa shape index (κ2) is 2.30. The molecule has 74 valence electrons. The second-order valence-corrected chi connectivity index (χ2v) is 5.29. The molecule has 0 spiro atoms. The van der Waals surface area contributed by atoms with Crippen molar-refractivity contribution >= 4 is 5.82 Å². The van der Waals surface area contributed by atoms with Gasteiger partial charge in [0.25, 0.3) is 0 Å². The van der Waals surface area contributed by atoms with Crippen LogP contribution in [0, 0.1) is 11.3 Å². The van der Waals surface area contributed by atoms with Gasteiger partial charge in [-0.15, -0.1) is 0 Å². The second-order valence-electron chi connectivity index (χ2n) is 5.29. The molecule has 2 atom stereocenters. The Bertz CT molecular complexity index is 395. The van der Waals surface area contributed by atoms with Crippen LogP contribution in [0.15, 0.2) is 12.1 Å². The first-order valence-corrected chi connectivity index (χ1v) is 5.34. The molecule has 0 aromatic carbocycles. The van der Waals surface area contributed by atoms with Gasteiger partial charge in [-0.2, -0.15) is 0 Å². The molecule has 2 heteroatoms. The summed E-state index contributed by atoms with van der Waals surface area (Å²) >= 11 is 0. The summed E-state index contributed by atoms with van der Waals surface area (Å²) in [6.45, 7) is 4.72. The first-order valence-electron chi connectivity index (χ1n) is 5.34. The van der Waals surface area contributed by atoms with E-state index in [2.05, 4.69) is 24.9 Å². The summed E-state index contributed by atoms with van der Waals surface area (Å²) in [5, 5.41) is 0. The minimum absolute atomic E-state index is 0.452. The molecule has 1 aromatic heterocycles. The molecular weight excluding hydrogens is 172 g/mol. The Kier molecular flexibility index (Phi) is 1.36. The summed E-state index contributed by atoms with van der Waals surface area (Å²) in [6, 6.07) is 4.09. The number of aromatic nitrogens is 1. The van der Waals surface area contributed by atoms with Gasteiger partial charge in [-0.25, -0.2) is 4.98 Å². The Morgan fingerprint density at radius 3 is 2.93 bits per heavy atom.